The highest BCUT2D eigenvalue weighted by molar-refractivity contribution is 6.01. The number of ether oxygens (including phenoxy) is 2. The van der Waals surface area contributed by atoms with E-state index in [0.717, 1.165) is 31.3 Å². The average Bonchev–Trinajstić information content (AvgIpc) is 3.18. The lowest BCUT2D eigenvalue weighted by Gasteiger charge is -2.58. The fourth-order valence-corrected chi connectivity index (χ4v) is 7.82. The van der Waals surface area contributed by atoms with Crippen LogP contribution in [0.2, 0.25) is 0 Å². The van der Waals surface area contributed by atoms with Crippen LogP contribution in [0.4, 0.5) is 0 Å². The minimum Gasteiger partial charge on any atom is -0.457 e. The molecule has 3 unspecified atom stereocenters. The molecule has 0 saturated heterocycles. The van der Waals surface area contributed by atoms with Crippen molar-refractivity contribution in [1.29, 1.82) is 0 Å². The second-order valence-electron chi connectivity index (χ2n) is 11.5. The maximum atomic E-state index is 13.2. The van der Waals surface area contributed by atoms with E-state index >= 15 is 0 Å². The van der Waals surface area contributed by atoms with Gasteiger partial charge >= 0.3 is 5.97 Å². The minimum absolute atomic E-state index is 0.0163. The van der Waals surface area contributed by atoms with Crippen molar-refractivity contribution in [2.75, 3.05) is 26.4 Å². The smallest absolute Gasteiger partial charge is 0.306 e. The van der Waals surface area contributed by atoms with Gasteiger partial charge < -0.3 is 24.8 Å². The number of hydrogen-bond donors (Lipinski definition) is 3. The van der Waals surface area contributed by atoms with Gasteiger partial charge in [0.25, 0.3) is 0 Å². The number of ketones is 2. The Hall–Kier alpha value is -1.87. The van der Waals surface area contributed by atoms with Crippen LogP contribution in [-0.2, 0) is 23.9 Å². The molecule has 200 valence electrons. The van der Waals surface area contributed by atoms with Gasteiger partial charge in [-0.1, -0.05) is 25.5 Å². The van der Waals surface area contributed by atoms with Crippen molar-refractivity contribution >= 4 is 17.5 Å². The van der Waals surface area contributed by atoms with E-state index in [2.05, 4.69) is 13.8 Å². The predicted octanol–water partition coefficient (Wildman–Crippen LogP) is 2.14. The Kier molecular flexibility index (Phi) is 8.19. The molecule has 0 bridgehead atoms. The van der Waals surface area contributed by atoms with E-state index in [1.165, 1.54) is 0 Å². The van der Waals surface area contributed by atoms with E-state index < -0.39 is 31.4 Å². The predicted molar refractivity (Wildman–Crippen MR) is 131 cm³/mol. The summed E-state index contributed by atoms with van der Waals surface area (Å²) < 4.78 is 10.5. The largest absolute Gasteiger partial charge is 0.457 e. The molecular formula is C28H40O8. The topological polar surface area (TPSA) is 130 Å². The normalized spacial score (nSPS) is 37.2. The number of carbonyl (C=O) groups excluding carboxylic acids is 3. The van der Waals surface area contributed by atoms with Crippen molar-refractivity contribution < 1.29 is 39.2 Å². The van der Waals surface area contributed by atoms with Crippen LogP contribution in [0.3, 0.4) is 0 Å². The molecule has 4 aliphatic rings. The van der Waals surface area contributed by atoms with Gasteiger partial charge in [-0.15, -0.1) is 0 Å². The highest BCUT2D eigenvalue weighted by Crippen LogP contribution is 2.66. The van der Waals surface area contributed by atoms with Crippen LogP contribution in [0.15, 0.2) is 23.8 Å². The first-order valence-electron chi connectivity index (χ1n) is 13.3. The zero-order valence-electron chi connectivity index (χ0n) is 21.4. The fourth-order valence-electron chi connectivity index (χ4n) is 7.82. The Labute approximate surface area is 212 Å². The van der Waals surface area contributed by atoms with Gasteiger partial charge in [0, 0.05) is 30.3 Å². The molecule has 0 aromatic carbocycles. The maximum absolute atomic E-state index is 13.2. The molecule has 0 spiro atoms. The summed E-state index contributed by atoms with van der Waals surface area (Å²) in [5.41, 5.74) is 0.545. The summed E-state index contributed by atoms with van der Waals surface area (Å²) in [6.45, 7) is 3.67. The van der Waals surface area contributed by atoms with Crippen molar-refractivity contribution in [3.05, 3.63) is 23.8 Å². The number of hydrogen-bond acceptors (Lipinski definition) is 8. The van der Waals surface area contributed by atoms with E-state index in [0.29, 0.717) is 24.7 Å². The Morgan fingerprint density at radius 3 is 2.64 bits per heavy atom. The van der Waals surface area contributed by atoms with Crippen LogP contribution in [-0.4, -0.2) is 71.5 Å². The van der Waals surface area contributed by atoms with Crippen LogP contribution >= 0.6 is 0 Å². The second kappa shape index (κ2) is 10.9. The van der Waals surface area contributed by atoms with Gasteiger partial charge in [-0.2, -0.15) is 0 Å². The summed E-state index contributed by atoms with van der Waals surface area (Å²) in [4.78, 5) is 36.9. The van der Waals surface area contributed by atoms with Crippen molar-refractivity contribution in [2.45, 2.75) is 71.0 Å². The third kappa shape index (κ3) is 4.97. The van der Waals surface area contributed by atoms with Crippen molar-refractivity contribution in [3.8, 4) is 0 Å². The quantitative estimate of drug-likeness (QED) is 0.305. The van der Waals surface area contributed by atoms with Crippen molar-refractivity contribution in [1.82, 2.24) is 0 Å². The molecule has 0 aliphatic heterocycles. The molecule has 0 amide bonds. The number of esters is 1. The Bertz CT molecular complexity index is 921. The number of allylic oxidation sites excluding steroid dienone is 4. The zero-order chi connectivity index (χ0) is 26.1. The van der Waals surface area contributed by atoms with Crippen LogP contribution in [0.1, 0.15) is 58.8 Å². The number of rotatable bonds is 10. The summed E-state index contributed by atoms with van der Waals surface area (Å²) in [7, 11) is 0. The molecule has 36 heavy (non-hydrogen) atoms. The lowest BCUT2D eigenvalue weighted by atomic mass is 9.46. The molecule has 0 heterocycles. The monoisotopic (exact) mass is 504 g/mol. The van der Waals surface area contributed by atoms with E-state index in [1.807, 2.05) is 6.08 Å². The molecule has 4 aliphatic carbocycles. The molecule has 4 rings (SSSR count). The molecule has 0 radical (unpaired) electrons. The SMILES string of the molecule is C[C@]12C=CC(=O)C=C1CCC1C2[C@@H](O)C[C@@]2(C)C1CC[C@@H]2C(=O)COCCCC(=O)OC(CO)CO. The molecule has 0 aromatic heterocycles. The molecule has 0 aromatic rings. The molecule has 3 N–H and O–H groups in total. The summed E-state index contributed by atoms with van der Waals surface area (Å²) in [5.74, 6) is 0.118. The van der Waals surface area contributed by atoms with Gasteiger partial charge in [0.1, 0.15) is 12.7 Å². The third-order valence-electron chi connectivity index (χ3n) is 9.50. The molecule has 8 heteroatoms. The lowest BCUT2D eigenvalue weighted by Crippen LogP contribution is -2.56. The van der Waals surface area contributed by atoms with Crippen LogP contribution < -0.4 is 0 Å². The molecule has 3 fully saturated rings. The van der Waals surface area contributed by atoms with Crippen LogP contribution in [0.5, 0.6) is 0 Å². The molecular weight excluding hydrogens is 464 g/mol. The van der Waals surface area contributed by atoms with Gasteiger partial charge in [0.15, 0.2) is 11.6 Å². The highest BCUT2D eigenvalue weighted by atomic mass is 16.6. The zero-order valence-corrected chi connectivity index (χ0v) is 21.4. The summed E-state index contributed by atoms with van der Waals surface area (Å²) in [5, 5.41) is 29.4. The third-order valence-corrected chi connectivity index (χ3v) is 9.50. The van der Waals surface area contributed by atoms with Crippen LogP contribution in [0.25, 0.3) is 0 Å². The van der Waals surface area contributed by atoms with Crippen molar-refractivity contribution in [2.24, 2.45) is 34.5 Å². The Balaban J connectivity index is 1.32. The van der Waals surface area contributed by atoms with Gasteiger partial charge in [-0.25, -0.2) is 0 Å². The number of Topliss-reactive ketones (excluding diaryl/α,β-unsaturated/α-hetero) is 1. The first-order valence-corrected chi connectivity index (χ1v) is 13.3. The lowest BCUT2D eigenvalue weighted by molar-refractivity contribution is -0.153. The van der Waals surface area contributed by atoms with Crippen LogP contribution in [0, 0.1) is 34.5 Å². The number of fused-ring (bicyclic) bond motifs is 5. The Morgan fingerprint density at radius 2 is 1.92 bits per heavy atom. The maximum Gasteiger partial charge on any atom is 0.306 e. The number of carbonyl (C=O) groups is 3. The van der Waals surface area contributed by atoms with E-state index in [4.69, 9.17) is 19.7 Å². The minimum atomic E-state index is -0.910. The first-order chi connectivity index (χ1) is 17.1. The van der Waals surface area contributed by atoms with E-state index in [1.54, 1.807) is 12.2 Å². The molecule has 7 atom stereocenters. The number of aliphatic hydroxyl groups is 3. The average molecular weight is 505 g/mol. The summed E-state index contributed by atoms with van der Waals surface area (Å²) >= 11 is 0. The van der Waals surface area contributed by atoms with Gasteiger partial charge in [-0.3, -0.25) is 14.4 Å². The molecule has 3 saturated carbocycles. The summed E-state index contributed by atoms with van der Waals surface area (Å²) in [6.07, 6.45) is 8.53. The molecule has 8 nitrogen and oxygen atoms in total. The van der Waals surface area contributed by atoms with E-state index in [-0.39, 0.29) is 53.9 Å². The van der Waals surface area contributed by atoms with Gasteiger partial charge in [-0.05, 0) is 67.9 Å². The number of aliphatic hydroxyl groups excluding tert-OH is 3. The van der Waals surface area contributed by atoms with Crippen molar-refractivity contribution in [3.63, 3.8) is 0 Å². The Morgan fingerprint density at radius 1 is 1.17 bits per heavy atom. The standard InChI is InChI=1S/C28H40O8/c1-27-10-9-18(31)12-17(27)5-6-20-21-7-8-22(28(21,2)13-23(32)26(20)27)24(33)16-35-11-3-4-25(34)36-19(14-29)15-30/h9-10,12,19-23,26,29-30,32H,3-8,11,13-16H2,1-2H3/t20?,21?,22-,23+,26?,27+,28+/m1/s1. The summed E-state index contributed by atoms with van der Waals surface area (Å²) in [6, 6.07) is 0. The van der Waals surface area contributed by atoms with E-state index in [9.17, 15) is 19.5 Å². The van der Waals surface area contributed by atoms with Gasteiger partial charge in [0.2, 0.25) is 0 Å². The van der Waals surface area contributed by atoms with Gasteiger partial charge in [0.05, 0.1) is 19.3 Å². The fraction of sp³-hybridized carbons (Fsp3) is 0.750. The second-order valence-corrected chi connectivity index (χ2v) is 11.5. The highest BCUT2D eigenvalue weighted by Gasteiger charge is 2.62. The first kappa shape index (κ1) is 27.2.